The molecule has 0 radical (unpaired) electrons. The topological polar surface area (TPSA) is 66.8 Å². The van der Waals surface area contributed by atoms with Crippen molar-refractivity contribution in [3.8, 4) is 5.75 Å². The molecule has 1 amide bonds. The Hall–Kier alpha value is -4.14. The van der Waals surface area contributed by atoms with Gasteiger partial charge in [-0.25, -0.2) is 4.39 Å². The van der Waals surface area contributed by atoms with Crippen molar-refractivity contribution in [2.75, 3.05) is 12.0 Å². The summed E-state index contributed by atoms with van der Waals surface area (Å²) >= 11 is 0. The third kappa shape index (κ3) is 4.76. The molecule has 0 aromatic heterocycles. The Labute approximate surface area is 217 Å². The van der Waals surface area contributed by atoms with Gasteiger partial charge in [-0.1, -0.05) is 32.0 Å². The molecule has 198 valence electrons. The summed E-state index contributed by atoms with van der Waals surface area (Å²) in [6.45, 7) is 5.53. The normalized spacial score (nSPS) is 17.4. The van der Waals surface area contributed by atoms with E-state index in [9.17, 15) is 32.3 Å². The standard InChI is InChI=1S/C29H25F4NO4/c1-15(2)21-14-22(16(3)12-23(21)38-4)26(35)24-25(17-8-10-19(30)11-9-17)34(28(37)27(24)36)20-7-5-6-18(13-20)29(31,32)33/h5-15,25,35H,1-4H3/b26-24+. The van der Waals surface area contributed by atoms with Gasteiger partial charge in [-0.3, -0.25) is 14.5 Å². The van der Waals surface area contributed by atoms with Crippen LogP contribution in [0.4, 0.5) is 23.2 Å². The van der Waals surface area contributed by atoms with Crippen molar-refractivity contribution in [3.63, 3.8) is 0 Å². The van der Waals surface area contributed by atoms with E-state index in [1.807, 2.05) is 13.8 Å². The van der Waals surface area contributed by atoms with Crippen LogP contribution in [0.3, 0.4) is 0 Å². The molecule has 4 rings (SSSR count). The third-order valence-corrected chi connectivity index (χ3v) is 6.54. The van der Waals surface area contributed by atoms with Crippen LogP contribution in [0, 0.1) is 12.7 Å². The molecule has 9 heteroatoms. The number of carbonyl (C=O) groups excluding carboxylic acids is 2. The summed E-state index contributed by atoms with van der Waals surface area (Å²) in [5.41, 5.74) is 0.273. The average molecular weight is 528 g/mol. The number of Topliss-reactive ketones (excluding diaryl/α,β-unsaturated/α-hetero) is 1. The van der Waals surface area contributed by atoms with Crippen molar-refractivity contribution in [2.24, 2.45) is 0 Å². The van der Waals surface area contributed by atoms with E-state index >= 15 is 0 Å². The van der Waals surface area contributed by atoms with Gasteiger partial charge in [-0.15, -0.1) is 0 Å². The number of halogens is 4. The summed E-state index contributed by atoms with van der Waals surface area (Å²) in [7, 11) is 1.51. The van der Waals surface area contributed by atoms with Crippen LogP contribution < -0.4 is 9.64 Å². The zero-order valence-electron chi connectivity index (χ0n) is 21.1. The van der Waals surface area contributed by atoms with Gasteiger partial charge in [0, 0.05) is 11.3 Å². The number of rotatable bonds is 5. The molecule has 1 fully saturated rings. The Bertz CT molecular complexity index is 1440. The molecule has 1 aliphatic rings. The molecule has 0 spiro atoms. The zero-order valence-corrected chi connectivity index (χ0v) is 21.1. The summed E-state index contributed by atoms with van der Waals surface area (Å²) in [6.07, 6.45) is -4.69. The number of nitrogens with zero attached hydrogens (tertiary/aromatic N) is 1. The van der Waals surface area contributed by atoms with Gasteiger partial charge in [-0.2, -0.15) is 13.2 Å². The van der Waals surface area contributed by atoms with Gasteiger partial charge in [0.15, 0.2) is 0 Å². The average Bonchev–Trinajstić information content (AvgIpc) is 3.13. The molecular weight excluding hydrogens is 502 g/mol. The lowest BCUT2D eigenvalue weighted by molar-refractivity contribution is -0.137. The SMILES string of the molecule is COc1cc(C)c(/C(O)=C2\C(=O)C(=O)N(c3cccc(C(F)(F)F)c3)C2c2ccc(F)cc2)cc1C(C)C. The maximum atomic E-state index is 13.8. The van der Waals surface area contributed by atoms with Crippen molar-refractivity contribution in [1.29, 1.82) is 0 Å². The maximum Gasteiger partial charge on any atom is 0.416 e. The lowest BCUT2D eigenvalue weighted by Gasteiger charge is -2.26. The number of aliphatic hydroxyl groups excluding tert-OH is 1. The minimum Gasteiger partial charge on any atom is -0.507 e. The van der Waals surface area contributed by atoms with E-state index in [0.29, 0.717) is 11.3 Å². The third-order valence-electron chi connectivity index (χ3n) is 6.54. The van der Waals surface area contributed by atoms with E-state index in [1.54, 1.807) is 19.1 Å². The first-order valence-electron chi connectivity index (χ1n) is 11.8. The highest BCUT2D eigenvalue weighted by atomic mass is 19.4. The Kier molecular flexibility index (Phi) is 7.06. The maximum absolute atomic E-state index is 13.8. The van der Waals surface area contributed by atoms with Gasteiger partial charge in [-0.05, 0) is 72.0 Å². The number of alkyl halides is 3. The summed E-state index contributed by atoms with van der Waals surface area (Å²) in [6, 6.07) is 10.9. The van der Waals surface area contributed by atoms with Crippen molar-refractivity contribution in [2.45, 2.75) is 38.9 Å². The van der Waals surface area contributed by atoms with Gasteiger partial charge in [0.1, 0.15) is 17.3 Å². The molecule has 3 aromatic carbocycles. The lowest BCUT2D eigenvalue weighted by Crippen LogP contribution is -2.29. The Balaban J connectivity index is 1.99. The van der Waals surface area contributed by atoms with Crippen LogP contribution in [0.2, 0.25) is 0 Å². The predicted molar refractivity (Wildman–Crippen MR) is 134 cm³/mol. The summed E-state index contributed by atoms with van der Waals surface area (Å²) in [4.78, 5) is 27.5. The van der Waals surface area contributed by atoms with Gasteiger partial charge in [0.25, 0.3) is 11.7 Å². The predicted octanol–water partition coefficient (Wildman–Crippen LogP) is 6.91. The smallest absolute Gasteiger partial charge is 0.416 e. The molecule has 3 aromatic rings. The quantitative estimate of drug-likeness (QED) is 0.169. The van der Waals surface area contributed by atoms with Gasteiger partial charge in [0.2, 0.25) is 0 Å². The van der Waals surface area contributed by atoms with E-state index in [4.69, 9.17) is 4.74 Å². The van der Waals surface area contributed by atoms with Gasteiger partial charge in [0.05, 0.1) is 24.3 Å². The molecule has 1 N–H and O–H groups in total. The Morgan fingerprint density at radius 2 is 1.68 bits per heavy atom. The molecule has 0 bridgehead atoms. The monoisotopic (exact) mass is 527 g/mol. The van der Waals surface area contributed by atoms with Crippen LogP contribution in [0.1, 0.15) is 53.6 Å². The Morgan fingerprint density at radius 1 is 1.03 bits per heavy atom. The summed E-state index contributed by atoms with van der Waals surface area (Å²) < 4.78 is 59.6. The van der Waals surface area contributed by atoms with Crippen LogP contribution in [-0.4, -0.2) is 23.9 Å². The highest BCUT2D eigenvalue weighted by molar-refractivity contribution is 6.51. The van der Waals surface area contributed by atoms with Crippen molar-refractivity contribution in [3.05, 3.63) is 99.9 Å². The Morgan fingerprint density at radius 3 is 2.26 bits per heavy atom. The van der Waals surface area contributed by atoms with Gasteiger partial charge >= 0.3 is 6.18 Å². The molecule has 0 saturated carbocycles. The number of hydrogen-bond donors (Lipinski definition) is 1. The van der Waals surface area contributed by atoms with Crippen molar-refractivity contribution >= 4 is 23.1 Å². The van der Waals surface area contributed by atoms with Crippen molar-refractivity contribution < 1.29 is 37.0 Å². The second-order valence-electron chi connectivity index (χ2n) is 9.33. The summed E-state index contributed by atoms with van der Waals surface area (Å²) in [5, 5.41) is 11.5. The van der Waals surface area contributed by atoms with Crippen LogP contribution in [0.25, 0.3) is 5.76 Å². The number of carbonyl (C=O) groups is 2. The van der Waals surface area contributed by atoms with E-state index in [-0.39, 0.29) is 28.3 Å². The van der Waals surface area contributed by atoms with Crippen LogP contribution in [-0.2, 0) is 15.8 Å². The highest BCUT2D eigenvalue weighted by Crippen LogP contribution is 2.44. The zero-order chi connectivity index (χ0) is 27.9. The largest absolute Gasteiger partial charge is 0.507 e. The first-order valence-corrected chi connectivity index (χ1v) is 11.8. The first-order chi connectivity index (χ1) is 17.8. The number of hydrogen-bond acceptors (Lipinski definition) is 4. The number of ether oxygens (including phenoxy) is 1. The number of amides is 1. The molecule has 1 heterocycles. The number of benzene rings is 3. The number of methoxy groups -OCH3 is 1. The van der Waals surface area contributed by atoms with Crippen LogP contribution in [0.15, 0.2) is 66.2 Å². The summed E-state index contributed by atoms with van der Waals surface area (Å²) in [5.74, 6) is -2.70. The number of aryl methyl sites for hydroxylation is 1. The second kappa shape index (κ2) is 9.96. The van der Waals surface area contributed by atoms with Crippen LogP contribution >= 0.6 is 0 Å². The first kappa shape index (κ1) is 26.9. The number of ketones is 1. The molecule has 1 atom stereocenters. The molecule has 5 nitrogen and oxygen atoms in total. The van der Waals surface area contributed by atoms with Crippen molar-refractivity contribution in [1.82, 2.24) is 0 Å². The fraction of sp³-hybridized carbons (Fsp3) is 0.241. The van der Waals surface area contributed by atoms with Crippen LogP contribution in [0.5, 0.6) is 5.75 Å². The second-order valence-corrected chi connectivity index (χ2v) is 9.33. The molecular formula is C29H25F4NO4. The number of anilines is 1. The van der Waals surface area contributed by atoms with E-state index < -0.39 is 41.0 Å². The van der Waals surface area contributed by atoms with E-state index in [1.165, 1.54) is 25.3 Å². The molecule has 38 heavy (non-hydrogen) atoms. The minimum atomic E-state index is -4.69. The molecule has 1 unspecified atom stereocenters. The molecule has 1 saturated heterocycles. The highest BCUT2D eigenvalue weighted by Gasteiger charge is 2.47. The fourth-order valence-corrected chi connectivity index (χ4v) is 4.62. The van der Waals surface area contributed by atoms with Gasteiger partial charge < -0.3 is 9.84 Å². The van der Waals surface area contributed by atoms with E-state index in [0.717, 1.165) is 40.8 Å². The fourth-order valence-electron chi connectivity index (χ4n) is 4.62. The number of aliphatic hydroxyl groups is 1. The lowest BCUT2D eigenvalue weighted by atomic mass is 9.91. The molecule has 0 aliphatic carbocycles. The minimum absolute atomic E-state index is 0.0162. The molecule has 1 aliphatic heterocycles. The van der Waals surface area contributed by atoms with E-state index in [2.05, 4.69) is 0 Å².